The highest BCUT2D eigenvalue weighted by Gasteiger charge is 2.28. The predicted molar refractivity (Wildman–Crippen MR) is 89.1 cm³/mol. The summed E-state index contributed by atoms with van der Waals surface area (Å²) < 4.78 is 6.90. The van der Waals surface area contributed by atoms with Crippen LogP contribution in [0.2, 0.25) is 0 Å². The van der Waals surface area contributed by atoms with E-state index in [1.54, 1.807) is 10.8 Å². The van der Waals surface area contributed by atoms with Crippen LogP contribution >= 0.6 is 0 Å². The Labute approximate surface area is 140 Å². The zero-order chi connectivity index (χ0) is 16.9. The van der Waals surface area contributed by atoms with E-state index in [9.17, 15) is 9.59 Å². The number of fused-ring (bicyclic) bond motifs is 1. The van der Waals surface area contributed by atoms with E-state index >= 15 is 0 Å². The Morgan fingerprint density at radius 3 is 2.83 bits per heavy atom. The van der Waals surface area contributed by atoms with Crippen LogP contribution in [0.4, 0.5) is 0 Å². The molecule has 0 atom stereocenters. The molecule has 0 bridgehead atoms. The SMILES string of the molecule is C=CCNC(=O)COC(=O)c1nn(-c2ccccc2)c2c1CCC2. The van der Waals surface area contributed by atoms with Gasteiger partial charge in [0.1, 0.15) is 0 Å². The van der Waals surface area contributed by atoms with Gasteiger partial charge < -0.3 is 10.1 Å². The smallest absolute Gasteiger partial charge is 0.359 e. The fourth-order valence-corrected chi connectivity index (χ4v) is 2.82. The number of nitrogens with one attached hydrogen (secondary N) is 1. The quantitative estimate of drug-likeness (QED) is 0.649. The molecule has 1 aromatic heterocycles. The maximum Gasteiger partial charge on any atom is 0.359 e. The number of hydrogen-bond acceptors (Lipinski definition) is 4. The minimum atomic E-state index is -0.559. The van der Waals surface area contributed by atoms with Crippen LogP contribution in [0, 0.1) is 0 Å². The summed E-state index contributed by atoms with van der Waals surface area (Å²) in [5.41, 5.74) is 3.20. The molecule has 1 heterocycles. The van der Waals surface area contributed by atoms with Gasteiger partial charge in [0.05, 0.1) is 5.69 Å². The first-order chi connectivity index (χ1) is 11.7. The number of ether oxygens (including phenoxy) is 1. The van der Waals surface area contributed by atoms with Crippen LogP contribution in [-0.4, -0.2) is 34.8 Å². The Bertz CT molecular complexity index is 765. The van der Waals surface area contributed by atoms with Gasteiger partial charge in [-0.05, 0) is 31.4 Å². The summed E-state index contributed by atoms with van der Waals surface area (Å²) in [6, 6.07) is 9.69. The lowest BCUT2D eigenvalue weighted by Crippen LogP contribution is -2.29. The third kappa shape index (κ3) is 3.22. The first kappa shape index (κ1) is 16.0. The zero-order valence-corrected chi connectivity index (χ0v) is 13.3. The van der Waals surface area contributed by atoms with E-state index in [1.165, 1.54) is 0 Å². The molecule has 6 nitrogen and oxygen atoms in total. The number of rotatable bonds is 6. The van der Waals surface area contributed by atoms with Crippen molar-refractivity contribution in [1.82, 2.24) is 15.1 Å². The minimum absolute atomic E-state index is 0.308. The van der Waals surface area contributed by atoms with Gasteiger partial charge in [-0.15, -0.1) is 6.58 Å². The van der Waals surface area contributed by atoms with Crippen molar-refractivity contribution in [3.8, 4) is 5.69 Å². The minimum Gasteiger partial charge on any atom is -0.451 e. The van der Waals surface area contributed by atoms with Crippen molar-refractivity contribution < 1.29 is 14.3 Å². The molecule has 0 saturated heterocycles. The first-order valence-electron chi connectivity index (χ1n) is 7.91. The summed E-state index contributed by atoms with van der Waals surface area (Å²) in [4.78, 5) is 23.9. The average molecular weight is 325 g/mol. The number of para-hydroxylation sites is 1. The number of aromatic nitrogens is 2. The fraction of sp³-hybridized carbons (Fsp3) is 0.278. The van der Waals surface area contributed by atoms with Crippen LogP contribution in [0.5, 0.6) is 0 Å². The Morgan fingerprint density at radius 1 is 1.29 bits per heavy atom. The molecule has 124 valence electrons. The lowest BCUT2D eigenvalue weighted by Gasteiger charge is -2.05. The molecule has 1 amide bonds. The monoisotopic (exact) mass is 325 g/mol. The van der Waals surface area contributed by atoms with E-state index in [0.717, 1.165) is 36.2 Å². The van der Waals surface area contributed by atoms with E-state index in [0.29, 0.717) is 12.2 Å². The van der Waals surface area contributed by atoms with Gasteiger partial charge in [0.2, 0.25) is 0 Å². The van der Waals surface area contributed by atoms with Gasteiger partial charge >= 0.3 is 5.97 Å². The van der Waals surface area contributed by atoms with E-state index in [-0.39, 0.29) is 12.5 Å². The van der Waals surface area contributed by atoms with Crippen LogP contribution in [0.3, 0.4) is 0 Å². The van der Waals surface area contributed by atoms with Gasteiger partial charge in [-0.2, -0.15) is 5.10 Å². The van der Waals surface area contributed by atoms with Crippen molar-refractivity contribution in [2.45, 2.75) is 19.3 Å². The highest BCUT2D eigenvalue weighted by molar-refractivity contribution is 5.91. The number of nitrogens with zero attached hydrogens (tertiary/aromatic N) is 2. The number of hydrogen-bond donors (Lipinski definition) is 1. The third-order valence-corrected chi connectivity index (χ3v) is 3.90. The highest BCUT2D eigenvalue weighted by Crippen LogP contribution is 2.28. The molecular weight excluding hydrogens is 306 g/mol. The third-order valence-electron chi connectivity index (χ3n) is 3.90. The molecule has 6 heteroatoms. The van der Waals surface area contributed by atoms with Gasteiger partial charge in [0.25, 0.3) is 5.91 Å². The second kappa shape index (κ2) is 7.12. The highest BCUT2D eigenvalue weighted by atomic mass is 16.5. The molecule has 1 aliphatic carbocycles. The van der Waals surface area contributed by atoms with E-state index in [2.05, 4.69) is 17.0 Å². The molecule has 1 N–H and O–H groups in total. The standard InChI is InChI=1S/C18H19N3O3/c1-2-11-19-16(22)12-24-18(23)17-14-9-6-10-15(14)21(20-17)13-7-4-3-5-8-13/h2-5,7-8H,1,6,9-12H2,(H,19,22). The summed E-state index contributed by atoms with van der Waals surface area (Å²) in [6.45, 7) is 3.53. The van der Waals surface area contributed by atoms with Gasteiger partial charge in [-0.3, -0.25) is 4.79 Å². The second-order valence-electron chi connectivity index (χ2n) is 5.54. The Kier molecular flexibility index (Phi) is 4.74. The molecule has 0 spiro atoms. The molecule has 0 aliphatic heterocycles. The number of benzene rings is 1. The molecule has 0 saturated carbocycles. The molecular formula is C18H19N3O3. The van der Waals surface area contributed by atoms with Gasteiger partial charge in [0, 0.05) is 17.8 Å². The molecule has 3 rings (SSSR count). The maximum atomic E-state index is 12.3. The Balaban J connectivity index is 1.78. The van der Waals surface area contributed by atoms with Crippen molar-refractivity contribution in [3.05, 3.63) is 59.9 Å². The molecule has 0 unspecified atom stereocenters. The van der Waals surface area contributed by atoms with Crippen molar-refractivity contribution in [1.29, 1.82) is 0 Å². The maximum absolute atomic E-state index is 12.3. The van der Waals surface area contributed by atoms with Crippen LogP contribution in [0.15, 0.2) is 43.0 Å². The Hall–Kier alpha value is -2.89. The zero-order valence-electron chi connectivity index (χ0n) is 13.3. The number of esters is 1. The summed E-state index contributed by atoms with van der Waals surface area (Å²) in [6.07, 6.45) is 4.23. The van der Waals surface area contributed by atoms with E-state index < -0.39 is 5.97 Å². The van der Waals surface area contributed by atoms with Gasteiger partial charge in [-0.25, -0.2) is 9.48 Å². The van der Waals surface area contributed by atoms with Gasteiger partial charge in [-0.1, -0.05) is 24.3 Å². The van der Waals surface area contributed by atoms with E-state index in [4.69, 9.17) is 4.74 Å². The summed E-state index contributed by atoms with van der Waals surface area (Å²) >= 11 is 0. The van der Waals surface area contributed by atoms with Crippen LogP contribution < -0.4 is 5.32 Å². The van der Waals surface area contributed by atoms with Crippen molar-refractivity contribution in [2.24, 2.45) is 0 Å². The number of carbonyl (C=O) groups excluding carboxylic acids is 2. The number of carbonyl (C=O) groups is 2. The van der Waals surface area contributed by atoms with E-state index in [1.807, 2.05) is 30.3 Å². The van der Waals surface area contributed by atoms with Crippen LogP contribution in [0.1, 0.15) is 28.2 Å². The lowest BCUT2D eigenvalue weighted by molar-refractivity contribution is -0.124. The molecule has 2 aromatic rings. The van der Waals surface area contributed by atoms with Crippen LogP contribution in [-0.2, 0) is 22.4 Å². The molecule has 1 aliphatic rings. The summed E-state index contributed by atoms with van der Waals surface area (Å²) in [5.74, 6) is -0.918. The largest absolute Gasteiger partial charge is 0.451 e. The second-order valence-corrected chi connectivity index (χ2v) is 5.54. The van der Waals surface area contributed by atoms with Crippen molar-refractivity contribution >= 4 is 11.9 Å². The normalized spacial score (nSPS) is 12.5. The molecule has 0 fully saturated rings. The lowest BCUT2D eigenvalue weighted by atomic mass is 10.2. The molecule has 24 heavy (non-hydrogen) atoms. The molecule has 0 radical (unpaired) electrons. The molecule has 1 aromatic carbocycles. The van der Waals surface area contributed by atoms with Crippen LogP contribution in [0.25, 0.3) is 5.69 Å². The number of amides is 1. The summed E-state index contributed by atoms with van der Waals surface area (Å²) in [7, 11) is 0. The average Bonchev–Trinajstić information content (AvgIpc) is 3.21. The van der Waals surface area contributed by atoms with Crippen molar-refractivity contribution in [2.75, 3.05) is 13.2 Å². The predicted octanol–water partition coefficient (Wildman–Crippen LogP) is 1.82. The Morgan fingerprint density at radius 2 is 2.08 bits per heavy atom. The first-order valence-corrected chi connectivity index (χ1v) is 7.91. The summed E-state index contributed by atoms with van der Waals surface area (Å²) in [5, 5.41) is 7.00. The van der Waals surface area contributed by atoms with Gasteiger partial charge in [0.15, 0.2) is 12.3 Å². The van der Waals surface area contributed by atoms with Crippen molar-refractivity contribution in [3.63, 3.8) is 0 Å². The fourth-order valence-electron chi connectivity index (χ4n) is 2.82. The topological polar surface area (TPSA) is 73.2 Å².